The number of nitrogens with one attached hydrogen (secondary N) is 1. The minimum Gasteiger partial charge on any atom is -0.319 e. The lowest BCUT2D eigenvalue weighted by Crippen LogP contribution is -2.18. The van der Waals surface area contributed by atoms with Gasteiger partial charge in [0.25, 0.3) is 5.69 Å². The molecular formula is C14H10ClFN2O3. The number of hydrogen-bond donors (Lipinski definition) is 1. The molecule has 0 aliphatic rings. The molecule has 0 saturated carbocycles. The average Bonchev–Trinajstić information content (AvgIpc) is 2.47. The Morgan fingerprint density at radius 2 is 1.90 bits per heavy atom. The Kier molecular flexibility index (Phi) is 4.49. The van der Waals surface area contributed by atoms with Crippen LogP contribution < -0.4 is 5.32 Å². The van der Waals surface area contributed by atoms with Gasteiger partial charge in [-0.2, -0.15) is 0 Å². The number of nitro benzene ring substituents is 1. The van der Waals surface area contributed by atoms with Crippen molar-refractivity contribution in [2.24, 2.45) is 0 Å². The van der Waals surface area contributed by atoms with Crippen LogP contribution in [0.1, 0.15) is 10.9 Å². The number of rotatable bonds is 4. The predicted molar refractivity (Wildman–Crippen MR) is 76.7 cm³/mol. The summed E-state index contributed by atoms with van der Waals surface area (Å²) < 4.78 is 13.2. The molecular weight excluding hydrogens is 299 g/mol. The van der Waals surface area contributed by atoms with Crippen molar-refractivity contribution in [3.63, 3.8) is 0 Å². The minimum atomic E-state index is -1.03. The van der Waals surface area contributed by atoms with Crippen LogP contribution in [0, 0.1) is 15.9 Å². The van der Waals surface area contributed by atoms with E-state index in [1.165, 1.54) is 0 Å². The number of anilines is 1. The maximum Gasteiger partial charge on any atom is 0.292 e. The monoisotopic (exact) mass is 308 g/mol. The molecule has 1 atom stereocenters. The highest BCUT2D eigenvalue weighted by Crippen LogP contribution is 2.28. The van der Waals surface area contributed by atoms with E-state index in [0.717, 1.165) is 18.2 Å². The maximum absolute atomic E-state index is 13.2. The molecule has 2 rings (SSSR count). The van der Waals surface area contributed by atoms with Crippen LogP contribution in [0.5, 0.6) is 0 Å². The third-order valence-corrected chi connectivity index (χ3v) is 3.19. The van der Waals surface area contributed by atoms with Crippen molar-refractivity contribution in [1.82, 2.24) is 0 Å². The molecule has 0 aliphatic heterocycles. The first kappa shape index (κ1) is 14.9. The van der Waals surface area contributed by atoms with Gasteiger partial charge >= 0.3 is 0 Å². The fraction of sp³-hybridized carbons (Fsp3) is 0.0714. The molecule has 0 heterocycles. The van der Waals surface area contributed by atoms with Gasteiger partial charge in [-0.25, -0.2) is 4.39 Å². The van der Waals surface area contributed by atoms with Crippen molar-refractivity contribution in [2.45, 2.75) is 5.38 Å². The maximum atomic E-state index is 13.2. The molecule has 0 saturated heterocycles. The molecule has 5 nitrogen and oxygen atoms in total. The number of nitro groups is 1. The second-order valence-corrected chi connectivity index (χ2v) is 4.62. The SMILES string of the molecule is O=C(Nc1cc(F)ccc1[N+](=O)[O-])C(Cl)c1ccccc1. The molecule has 0 spiro atoms. The minimum absolute atomic E-state index is 0.230. The van der Waals surface area contributed by atoms with E-state index in [-0.39, 0.29) is 5.69 Å². The molecule has 0 bridgehead atoms. The van der Waals surface area contributed by atoms with E-state index in [4.69, 9.17) is 11.6 Å². The molecule has 0 aromatic heterocycles. The largest absolute Gasteiger partial charge is 0.319 e. The molecule has 0 fully saturated rings. The zero-order valence-electron chi connectivity index (χ0n) is 10.6. The Hall–Kier alpha value is -2.47. The number of benzene rings is 2. The van der Waals surface area contributed by atoms with E-state index in [1.54, 1.807) is 30.3 Å². The normalized spacial score (nSPS) is 11.7. The molecule has 0 radical (unpaired) electrons. The topological polar surface area (TPSA) is 72.2 Å². The number of carbonyl (C=O) groups is 1. The van der Waals surface area contributed by atoms with Crippen LogP contribution in [0.2, 0.25) is 0 Å². The third-order valence-electron chi connectivity index (χ3n) is 2.74. The van der Waals surface area contributed by atoms with Crippen molar-refractivity contribution < 1.29 is 14.1 Å². The van der Waals surface area contributed by atoms with E-state index in [1.807, 2.05) is 0 Å². The molecule has 0 aliphatic carbocycles. The van der Waals surface area contributed by atoms with Gasteiger partial charge < -0.3 is 5.32 Å². The fourth-order valence-electron chi connectivity index (χ4n) is 1.74. The molecule has 2 aromatic rings. The zero-order chi connectivity index (χ0) is 15.4. The van der Waals surface area contributed by atoms with Crippen LogP contribution in [-0.2, 0) is 4.79 Å². The molecule has 2 aromatic carbocycles. The Bertz CT molecular complexity index is 679. The van der Waals surface area contributed by atoms with Gasteiger partial charge in [0.1, 0.15) is 16.9 Å². The third kappa shape index (κ3) is 3.55. The van der Waals surface area contributed by atoms with Gasteiger partial charge in [-0.3, -0.25) is 14.9 Å². The van der Waals surface area contributed by atoms with Crippen molar-refractivity contribution in [1.29, 1.82) is 0 Å². The molecule has 1 amide bonds. The number of halogens is 2. The first-order valence-corrected chi connectivity index (χ1v) is 6.36. The second kappa shape index (κ2) is 6.32. The molecule has 108 valence electrons. The lowest BCUT2D eigenvalue weighted by molar-refractivity contribution is -0.384. The van der Waals surface area contributed by atoms with Crippen LogP contribution in [0.15, 0.2) is 48.5 Å². The van der Waals surface area contributed by atoms with E-state index in [0.29, 0.717) is 5.56 Å². The van der Waals surface area contributed by atoms with Gasteiger partial charge in [0.2, 0.25) is 5.91 Å². The van der Waals surface area contributed by atoms with E-state index >= 15 is 0 Å². The lowest BCUT2D eigenvalue weighted by atomic mass is 10.1. The Labute approximate surface area is 124 Å². The summed E-state index contributed by atoms with van der Waals surface area (Å²) in [6.45, 7) is 0. The summed E-state index contributed by atoms with van der Waals surface area (Å²) in [6, 6.07) is 11.3. The first-order chi connectivity index (χ1) is 9.99. The van der Waals surface area contributed by atoms with Gasteiger partial charge in [-0.15, -0.1) is 11.6 Å². The summed E-state index contributed by atoms with van der Waals surface area (Å²) in [5.41, 5.74) is -0.0935. The van der Waals surface area contributed by atoms with Crippen LogP contribution >= 0.6 is 11.6 Å². The van der Waals surface area contributed by atoms with Crippen molar-refractivity contribution in [3.05, 3.63) is 70.0 Å². The summed E-state index contributed by atoms with van der Waals surface area (Å²) in [6.07, 6.45) is 0. The average molecular weight is 309 g/mol. The lowest BCUT2D eigenvalue weighted by Gasteiger charge is -2.11. The van der Waals surface area contributed by atoms with E-state index in [9.17, 15) is 19.3 Å². The van der Waals surface area contributed by atoms with E-state index in [2.05, 4.69) is 5.32 Å². The highest BCUT2D eigenvalue weighted by atomic mass is 35.5. The smallest absolute Gasteiger partial charge is 0.292 e. The number of nitrogens with zero attached hydrogens (tertiary/aromatic N) is 1. The van der Waals surface area contributed by atoms with E-state index < -0.39 is 27.7 Å². The van der Waals surface area contributed by atoms with Gasteiger partial charge in [-0.05, 0) is 11.6 Å². The molecule has 7 heteroatoms. The zero-order valence-corrected chi connectivity index (χ0v) is 11.4. The van der Waals surface area contributed by atoms with Crippen LogP contribution in [-0.4, -0.2) is 10.8 Å². The predicted octanol–water partition coefficient (Wildman–Crippen LogP) is 3.65. The summed E-state index contributed by atoms with van der Waals surface area (Å²) in [5, 5.41) is 12.1. The Balaban J connectivity index is 2.24. The summed E-state index contributed by atoms with van der Waals surface area (Å²) in [4.78, 5) is 22.2. The van der Waals surface area contributed by atoms with Crippen LogP contribution in [0.4, 0.5) is 15.8 Å². The summed E-state index contributed by atoms with van der Waals surface area (Å²) in [7, 11) is 0. The van der Waals surface area contributed by atoms with Gasteiger partial charge in [0.05, 0.1) is 4.92 Å². The highest BCUT2D eigenvalue weighted by Gasteiger charge is 2.22. The number of hydrogen-bond acceptors (Lipinski definition) is 3. The quantitative estimate of drug-likeness (QED) is 0.532. The summed E-state index contributed by atoms with van der Waals surface area (Å²) >= 11 is 6.00. The standard InChI is InChI=1S/C14H10ClFN2O3/c15-13(9-4-2-1-3-5-9)14(19)17-11-8-10(16)6-7-12(11)18(20)21/h1-8,13H,(H,17,19). The number of carbonyl (C=O) groups excluding carboxylic acids is 1. The van der Waals surface area contributed by atoms with Crippen molar-refractivity contribution in [2.75, 3.05) is 5.32 Å². The Morgan fingerprint density at radius 1 is 1.24 bits per heavy atom. The van der Waals surface area contributed by atoms with Crippen LogP contribution in [0.25, 0.3) is 0 Å². The second-order valence-electron chi connectivity index (χ2n) is 4.18. The summed E-state index contributed by atoms with van der Waals surface area (Å²) in [5.74, 6) is -1.36. The first-order valence-electron chi connectivity index (χ1n) is 5.93. The fourth-order valence-corrected chi connectivity index (χ4v) is 1.94. The van der Waals surface area contributed by atoms with Crippen LogP contribution in [0.3, 0.4) is 0 Å². The van der Waals surface area contributed by atoms with Gasteiger partial charge in [0.15, 0.2) is 0 Å². The molecule has 1 unspecified atom stereocenters. The van der Waals surface area contributed by atoms with Gasteiger partial charge in [0, 0.05) is 12.1 Å². The number of amides is 1. The number of alkyl halides is 1. The van der Waals surface area contributed by atoms with Crippen molar-refractivity contribution >= 4 is 28.9 Å². The Morgan fingerprint density at radius 3 is 2.52 bits per heavy atom. The van der Waals surface area contributed by atoms with Crippen molar-refractivity contribution in [3.8, 4) is 0 Å². The van der Waals surface area contributed by atoms with Gasteiger partial charge in [-0.1, -0.05) is 30.3 Å². The molecule has 21 heavy (non-hydrogen) atoms. The highest BCUT2D eigenvalue weighted by molar-refractivity contribution is 6.32. The molecule has 1 N–H and O–H groups in total.